The number of aryl methyl sites for hydroxylation is 1. The molecule has 0 heterocycles. The normalized spacial score (nSPS) is 10.1. The molecular weight excluding hydrogens is 184 g/mol. The monoisotopic (exact) mass is 206 g/mol. The smallest absolute Gasteiger partial charge is 0.0371 e. The van der Waals surface area contributed by atoms with E-state index in [1.54, 1.807) is 0 Å². The van der Waals surface area contributed by atoms with Crippen LogP contribution in [0, 0.1) is 6.92 Å². The molecule has 0 atom stereocenters. The Morgan fingerprint density at radius 2 is 1.80 bits per heavy atom. The van der Waals surface area contributed by atoms with Gasteiger partial charge < -0.3 is 10.2 Å². The summed E-state index contributed by atoms with van der Waals surface area (Å²) >= 11 is 0. The Hall–Kier alpha value is -1.18. The van der Waals surface area contributed by atoms with E-state index in [4.69, 9.17) is 0 Å². The Morgan fingerprint density at radius 1 is 1.13 bits per heavy atom. The van der Waals surface area contributed by atoms with Crippen LogP contribution >= 0.6 is 0 Å². The van der Waals surface area contributed by atoms with Crippen LogP contribution in [0.15, 0.2) is 18.2 Å². The highest BCUT2D eigenvalue weighted by atomic mass is 15.1. The van der Waals surface area contributed by atoms with Crippen LogP contribution in [0.5, 0.6) is 0 Å². The first-order valence-electron chi connectivity index (χ1n) is 5.82. The zero-order valence-electron chi connectivity index (χ0n) is 10.3. The van der Waals surface area contributed by atoms with Gasteiger partial charge in [-0.05, 0) is 51.5 Å². The van der Waals surface area contributed by atoms with Gasteiger partial charge in [0, 0.05) is 31.0 Å². The minimum atomic E-state index is 0.978. The van der Waals surface area contributed by atoms with Gasteiger partial charge in [-0.1, -0.05) is 0 Å². The number of hydrogen-bond acceptors (Lipinski definition) is 2. The van der Waals surface area contributed by atoms with Gasteiger partial charge in [0.25, 0.3) is 0 Å². The van der Waals surface area contributed by atoms with Gasteiger partial charge in [0.15, 0.2) is 0 Å². The second-order valence-corrected chi connectivity index (χ2v) is 3.70. The second kappa shape index (κ2) is 5.64. The fraction of sp³-hybridized carbons (Fsp3) is 0.538. The summed E-state index contributed by atoms with van der Waals surface area (Å²) in [7, 11) is 0. The minimum Gasteiger partial charge on any atom is -0.385 e. The third-order valence-electron chi connectivity index (χ3n) is 2.71. The zero-order chi connectivity index (χ0) is 11.3. The molecule has 0 unspecified atom stereocenters. The van der Waals surface area contributed by atoms with Crippen LogP contribution in [-0.4, -0.2) is 19.6 Å². The van der Waals surface area contributed by atoms with Crippen LogP contribution in [0.25, 0.3) is 0 Å². The van der Waals surface area contributed by atoms with Crippen molar-refractivity contribution in [3.8, 4) is 0 Å². The number of nitrogens with one attached hydrogen (secondary N) is 1. The van der Waals surface area contributed by atoms with Crippen LogP contribution in [0.4, 0.5) is 11.4 Å². The van der Waals surface area contributed by atoms with Gasteiger partial charge in [-0.2, -0.15) is 0 Å². The van der Waals surface area contributed by atoms with Crippen molar-refractivity contribution in [2.45, 2.75) is 27.7 Å². The van der Waals surface area contributed by atoms with Crippen LogP contribution < -0.4 is 10.2 Å². The fourth-order valence-corrected chi connectivity index (χ4v) is 1.82. The molecule has 1 aromatic carbocycles. The molecule has 0 amide bonds. The number of benzene rings is 1. The molecule has 0 radical (unpaired) electrons. The summed E-state index contributed by atoms with van der Waals surface area (Å²) in [5, 5.41) is 3.36. The van der Waals surface area contributed by atoms with Crippen molar-refractivity contribution >= 4 is 11.4 Å². The molecule has 1 N–H and O–H groups in total. The molecule has 0 saturated carbocycles. The lowest BCUT2D eigenvalue weighted by molar-refractivity contribution is 0.865. The Balaban J connectivity index is 2.89. The van der Waals surface area contributed by atoms with E-state index in [0.29, 0.717) is 0 Å². The lowest BCUT2D eigenvalue weighted by Gasteiger charge is -2.22. The first kappa shape index (κ1) is 11.9. The van der Waals surface area contributed by atoms with Gasteiger partial charge in [-0.3, -0.25) is 0 Å². The molecule has 0 aliphatic carbocycles. The van der Waals surface area contributed by atoms with Crippen molar-refractivity contribution in [3.63, 3.8) is 0 Å². The SMILES string of the molecule is CCNc1ccc(N(CC)CC)cc1C. The third kappa shape index (κ3) is 2.88. The van der Waals surface area contributed by atoms with Gasteiger partial charge in [-0.15, -0.1) is 0 Å². The molecule has 0 aliphatic heterocycles. The van der Waals surface area contributed by atoms with E-state index in [0.717, 1.165) is 19.6 Å². The van der Waals surface area contributed by atoms with Crippen molar-refractivity contribution < 1.29 is 0 Å². The van der Waals surface area contributed by atoms with Crippen LogP contribution in [0.1, 0.15) is 26.3 Å². The highest BCUT2D eigenvalue weighted by Gasteiger charge is 2.03. The molecule has 1 aromatic rings. The highest BCUT2D eigenvalue weighted by Crippen LogP contribution is 2.22. The molecule has 1 rings (SSSR count). The summed E-state index contributed by atoms with van der Waals surface area (Å²) < 4.78 is 0. The van der Waals surface area contributed by atoms with Crippen molar-refractivity contribution in [3.05, 3.63) is 23.8 Å². The van der Waals surface area contributed by atoms with Crippen LogP contribution in [0.3, 0.4) is 0 Å². The average molecular weight is 206 g/mol. The molecule has 0 bridgehead atoms. The van der Waals surface area contributed by atoms with E-state index in [1.165, 1.54) is 16.9 Å². The summed E-state index contributed by atoms with van der Waals surface area (Å²) in [6.45, 7) is 11.8. The molecule has 0 fully saturated rings. The minimum absolute atomic E-state index is 0.978. The molecular formula is C13H22N2. The first-order chi connectivity index (χ1) is 7.22. The van der Waals surface area contributed by atoms with Gasteiger partial charge in [0.05, 0.1) is 0 Å². The van der Waals surface area contributed by atoms with Crippen molar-refractivity contribution in [1.82, 2.24) is 0 Å². The predicted octanol–water partition coefficient (Wildman–Crippen LogP) is 3.27. The van der Waals surface area contributed by atoms with Crippen LogP contribution in [-0.2, 0) is 0 Å². The molecule has 0 aromatic heterocycles. The molecule has 0 spiro atoms. The molecule has 0 saturated heterocycles. The molecule has 2 nitrogen and oxygen atoms in total. The maximum absolute atomic E-state index is 3.36. The molecule has 15 heavy (non-hydrogen) atoms. The van der Waals surface area contributed by atoms with Gasteiger partial charge in [0.2, 0.25) is 0 Å². The zero-order valence-corrected chi connectivity index (χ0v) is 10.3. The van der Waals surface area contributed by atoms with Gasteiger partial charge in [-0.25, -0.2) is 0 Å². The van der Waals surface area contributed by atoms with E-state index in [2.05, 4.69) is 56.1 Å². The van der Waals surface area contributed by atoms with Crippen molar-refractivity contribution in [2.75, 3.05) is 29.9 Å². The van der Waals surface area contributed by atoms with Crippen molar-refractivity contribution in [1.29, 1.82) is 0 Å². The number of hydrogen-bond donors (Lipinski definition) is 1. The Labute approximate surface area is 93.3 Å². The summed E-state index contributed by atoms with van der Waals surface area (Å²) in [4.78, 5) is 2.36. The Bertz CT molecular complexity index is 303. The standard InChI is InChI=1S/C13H22N2/c1-5-14-13-9-8-12(10-11(13)4)15(6-2)7-3/h8-10,14H,5-7H2,1-4H3. The highest BCUT2D eigenvalue weighted by molar-refractivity contribution is 5.60. The third-order valence-corrected chi connectivity index (χ3v) is 2.71. The molecule has 84 valence electrons. The maximum atomic E-state index is 3.36. The predicted molar refractivity (Wildman–Crippen MR) is 68.9 cm³/mol. The maximum Gasteiger partial charge on any atom is 0.0371 e. The van der Waals surface area contributed by atoms with E-state index in [-0.39, 0.29) is 0 Å². The number of rotatable bonds is 5. The summed E-state index contributed by atoms with van der Waals surface area (Å²) in [6.07, 6.45) is 0. The Morgan fingerprint density at radius 3 is 2.27 bits per heavy atom. The van der Waals surface area contributed by atoms with Crippen LogP contribution in [0.2, 0.25) is 0 Å². The van der Waals surface area contributed by atoms with E-state index in [9.17, 15) is 0 Å². The number of nitrogens with zero attached hydrogens (tertiary/aromatic N) is 1. The summed E-state index contributed by atoms with van der Waals surface area (Å²) in [6, 6.07) is 6.62. The summed E-state index contributed by atoms with van der Waals surface area (Å²) in [5.41, 5.74) is 3.88. The second-order valence-electron chi connectivity index (χ2n) is 3.70. The molecule has 0 aliphatic rings. The Kier molecular flexibility index (Phi) is 4.47. The first-order valence-corrected chi connectivity index (χ1v) is 5.82. The van der Waals surface area contributed by atoms with E-state index >= 15 is 0 Å². The largest absolute Gasteiger partial charge is 0.385 e. The van der Waals surface area contributed by atoms with Gasteiger partial charge >= 0.3 is 0 Å². The average Bonchev–Trinajstić information content (AvgIpc) is 2.24. The lowest BCUT2D eigenvalue weighted by atomic mass is 10.1. The lowest BCUT2D eigenvalue weighted by Crippen LogP contribution is -2.21. The topological polar surface area (TPSA) is 15.3 Å². The van der Waals surface area contributed by atoms with E-state index < -0.39 is 0 Å². The summed E-state index contributed by atoms with van der Waals surface area (Å²) in [5.74, 6) is 0. The number of anilines is 2. The fourth-order valence-electron chi connectivity index (χ4n) is 1.82. The quantitative estimate of drug-likeness (QED) is 0.795. The van der Waals surface area contributed by atoms with Crippen molar-refractivity contribution in [2.24, 2.45) is 0 Å². The van der Waals surface area contributed by atoms with E-state index in [1.807, 2.05) is 0 Å². The van der Waals surface area contributed by atoms with Gasteiger partial charge in [0.1, 0.15) is 0 Å². The molecule has 2 heteroatoms.